The second-order valence-corrected chi connectivity index (χ2v) is 3.58. The van der Waals surface area contributed by atoms with Crippen molar-refractivity contribution < 1.29 is 9.53 Å². The van der Waals surface area contributed by atoms with Crippen LogP contribution in [0.2, 0.25) is 0 Å². The number of fused-ring (bicyclic) bond motifs is 1. The van der Waals surface area contributed by atoms with Crippen LogP contribution in [0.3, 0.4) is 0 Å². The summed E-state index contributed by atoms with van der Waals surface area (Å²) in [6, 6.07) is 3.33. The molecule has 2 N–H and O–H groups in total. The molecule has 2 heterocycles. The molecule has 10 heteroatoms. The van der Waals surface area contributed by atoms with E-state index in [1.54, 1.807) is 22.7 Å². The summed E-state index contributed by atoms with van der Waals surface area (Å²) in [5.74, 6) is 4.37. The standard InChI is InChI=1S/C10H10N8O2/c11-16-13-3-4-20-10(19)8-6-18-5-7(15-17-12)1-2-9(18)14-8/h1-2,5-6H,3-4H2,(H2,12,15). The van der Waals surface area contributed by atoms with Crippen molar-refractivity contribution in [3.8, 4) is 0 Å². The van der Waals surface area contributed by atoms with E-state index < -0.39 is 5.97 Å². The van der Waals surface area contributed by atoms with E-state index in [0.29, 0.717) is 11.3 Å². The third kappa shape index (κ3) is 3.00. The van der Waals surface area contributed by atoms with Crippen LogP contribution in [0.4, 0.5) is 5.69 Å². The molecule has 102 valence electrons. The van der Waals surface area contributed by atoms with Gasteiger partial charge in [0.05, 0.1) is 13.2 Å². The Morgan fingerprint density at radius 1 is 1.50 bits per heavy atom. The number of carbonyl (C=O) groups excluding carboxylic acids is 1. The third-order valence-electron chi connectivity index (χ3n) is 2.31. The molecular formula is C10H10N8O2. The van der Waals surface area contributed by atoms with Crippen LogP contribution in [0, 0.1) is 0 Å². The fourth-order valence-electron chi connectivity index (χ4n) is 1.50. The zero-order valence-corrected chi connectivity index (χ0v) is 10.2. The summed E-state index contributed by atoms with van der Waals surface area (Å²) >= 11 is 0. The van der Waals surface area contributed by atoms with Gasteiger partial charge in [-0.1, -0.05) is 10.3 Å². The van der Waals surface area contributed by atoms with Gasteiger partial charge in [-0.25, -0.2) is 9.78 Å². The lowest BCUT2D eigenvalue weighted by atomic mass is 10.4. The fourth-order valence-corrected chi connectivity index (χ4v) is 1.50. The summed E-state index contributed by atoms with van der Waals surface area (Å²) in [7, 11) is 0. The molecule has 2 aromatic rings. The summed E-state index contributed by atoms with van der Waals surface area (Å²) in [5.41, 5.74) is 9.32. The van der Waals surface area contributed by atoms with E-state index in [-0.39, 0.29) is 18.8 Å². The molecule has 0 atom stereocenters. The zero-order chi connectivity index (χ0) is 14.4. The van der Waals surface area contributed by atoms with Crippen molar-refractivity contribution >= 4 is 17.3 Å². The number of imidazole rings is 1. The first-order chi connectivity index (χ1) is 9.74. The van der Waals surface area contributed by atoms with Crippen molar-refractivity contribution in [2.45, 2.75) is 0 Å². The van der Waals surface area contributed by atoms with Crippen molar-refractivity contribution in [2.75, 3.05) is 13.2 Å². The molecule has 10 nitrogen and oxygen atoms in total. The maximum atomic E-state index is 11.7. The molecule has 0 saturated heterocycles. The van der Waals surface area contributed by atoms with E-state index in [1.165, 1.54) is 6.20 Å². The van der Waals surface area contributed by atoms with Crippen LogP contribution in [0.15, 0.2) is 40.0 Å². The predicted molar refractivity (Wildman–Crippen MR) is 68.2 cm³/mol. The lowest BCUT2D eigenvalue weighted by Gasteiger charge is -1.98. The number of hydrogen-bond acceptors (Lipinski definition) is 6. The van der Waals surface area contributed by atoms with Gasteiger partial charge in [0.25, 0.3) is 0 Å². The molecule has 0 spiro atoms. The maximum absolute atomic E-state index is 11.7. The summed E-state index contributed by atoms with van der Waals surface area (Å²) in [4.78, 5) is 18.3. The minimum Gasteiger partial charge on any atom is -0.461 e. The lowest BCUT2D eigenvalue weighted by Crippen LogP contribution is -2.08. The average Bonchev–Trinajstić information content (AvgIpc) is 2.87. The number of hydrogen-bond donors (Lipinski definition) is 1. The molecular weight excluding hydrogens is 264 g/mol. The highest BCUT2D eigenvalue weighted by molar-refractivity contribution is 5.88. The molecule has 0 unspecified atom stereocenters. The number of ether oxygens (including phenoxy) is 1. The van der Waals surface area contributed by atoms with Gasteiger partial charge in [0.15, 0.2) is 5.69 Å². The van der Waals surface area contributed by atoms with E-state index in [1.807, 2.05) is 0 Å². The quantitative estimate of drug-likeness (QED) is 0.168. The number of nitrogens with two attached hydrogens (primary N) is 1. The third-order valence-corrected chi connectivity index (χ3v) is 2.31. The predicted octanol–water partition coefficient (Wildman–Crippen LogP) is 1.76. The highest BCUT2D eigenvalue weighted by Crippen LogP contribution is 2.14. The minimum absolute atomic E-state index is 0.00338. The molecule has 0 bridgehead atoms. The number of azide groups is 1. The Labute approximate surface area is 112 Å². The summed E-state index contributed by atoms with van der Waals surface area (Å²) in [5, 5.41) is 10.1. The zero-order valence-electron chi connectivity index (χ0n) is 10.2. The first-order valence-corrected chi connectivity index (χ1v) is 5.52. The molecule has 0 fully saturated rings. The van der Waals surface area contributed by atoms with Crippen molar-refractivity contribution in [3.63, 3.8) is 0 Å². The topological polar surface area (TPSA) is 143 Å². The highest BCUT2D eigenvalue weighted by Gasteiger charge is 2.12. The summed E-state index contributed by atoms with van der Waals surface area (Å²) in [6.07, 6.45) is 3.12. The van der Waals surface area contributed by atoms with E-state index in [9.17, 15) is 4.79 Å². The summed E-state index contributed by atoms with van der Waals surface area (Å²) < 4.78 is 6.50. The van der Waals surface area contributed by atoms with E-state index in [2.05, 4.69) is 25.3 Å². The first kappa shape index (κ1) is 13.3. The monoisotopic (exact) mass is 274 g/mol. The normalized spacial score (nSPS) is 10.6. The van der Waals surface area contributed by atoms with Gasteiger partial charge in [0, 0.05) is 17.3 Å². The number of esters is 1. The van der Waals surface area contributed by atoms with Crippen LogP contribution in [-0.2, 0) is 4.74 Å². The molecule has 0 aliphatic heterocycles. The van der Waals surface area contributed by atoms with Gasteiger partial charge in [-0.2, -0.15) is 0 Å². The summed E-state index contributed by atoms with van der Waals surface area (Å²) in [6.45, 7) is 0.0834. The Morgan fingerprint density at radius 2 is 2.35 bits per heavy atom. The number of aromatic nitrogens is 2. The van der Waals surface area contributed by atoms with Gasteiger partial charge in [-0.05, 0) is 17.7 Å². The van der Waals surface area contributed by atoms with Crippen LogP contribution in [0.25, 0.3) is 16.1 Å². The molecule has 2 rings (SSSR count). The number of rotatable bonds is 5. The smallest absolute Gasteiger partial charge is 0.358 e. The van der Waals surface area contributed by atoms with Crippen molar-refractivity contribution in [2.24, 2.45) is 21.3 Å². The van der Waals surface area contributed by atoms with E-state index in [4.69, 9.17) is 16.1 Å². The van der Waals surface area contributed by atoms with Crippen molar-refractivity contribution in [1.82, 2.24) is 9.38 Å². The van der Waals surface area contributed by atoms with Gasteiger partial charge in [-0.15, -0.1) is 5.11 Å². The highest BCUT2D eigenvalue weighted by atomic mass is 16.5. The van der Waals surface area contributed by atoms with Crippen LogP contribution in [0.1, 0.15) is 10.5 Å². The molecule has 0 aromatic carbocycles. The van der Waals surface area contributed by atoms with Crippen LogP contribution >= 0.6 is 0 Å². The molecule has 0 aliphatic carbocycles. The van der Waals surface area contributed by atoms with Crippen molar-refractivity contribution in [3.05, 3.63) is 40.7 Å². The van der Waals surface area contributed by atoms with Gasteiger partial charge >= 0.3 is 5.97 Å². The average molecular weight is 274 g/mol. The number of nitrogens with zero attached hydrogens (tertiary/aromatic N) is 7. The van der Waals surface area contributed by atoms with Gasteiger partial charge in [0.1, 0.15) is 11.3 Å². The Hall–Kier alpha value is -3.13. The van der Waals surface area contributed by atoms with Gasteiger partial charge < -0.3 is 15.0 Å². The Balaban J connectivity index is 2.14. The Morgan fingerprint density at radius 3 is 3.10 bits per heavy atom. The molecule has 20 heavy (non-hydrogen) atoms. The Kier molecular flexibility index (Phi) is 4.10. The van der Waals surface area contributed by atoms with Crippen LogP contribution < -0.4 is 5.84 Å². The second-order valence-electron chi connectivity index (χ2n) is 3.58. The second kappa shape index (κ2) is 6.16. The maximum Gasteiger partial charge on any atom is 0.358 e. The van der Waals surface area contributed by atoms with Gasteiger partial charge in [0.2, 0.25) is 0 Å². The molecule has 0 radical (unpaired) electrons. The molecule has 0 aliphatic rings. The SMILES string of the molecule is [N-]=[N+]=NCCOC(=O)c1cn2cc(N=NN)ccc2n1. The van der Waals surface area contributed by atoms with Crippen LogP contribution in [-0.4, -0.2) is 28.5 Å². The molecule has 0 saturated carbocycles. The van der Waals surface area contributed by atoms with E-state index in [0.717, 1.165) is 0 Å². The lowest BCUT2D eigenvalue weighted by molar-refractivity contribution is 0.0511. The minimum atomic E-state index is -0.594. The Bertz CT molecular complexity index is 700. The van der Waals surface area contributed by atoms with Crippen LogP contribution in [0.5, 0.6) is 0 Å². The van der Waals surface area contributed by atoms with Crippen molar-refractivity contribution in [1.29, 1.82) is 0 Å². The number of carbonyl (C=O) groups is 1. The number of pyridine rings is 1. The fraction of sp³-hybridized carbons (Fsp3) is 0.200. The molecule has 0 amide bonds. The van der Waals surface area contributed by atoms with E-state index >= 15 is 0 Å². The first-order valence-electron chi connectivity index (χ1n) is 5.52. The molecule has 2 aromatic heterocycles. The van der Waals surface area contributed by atoms with Gasteiger partial charge in [-0.3, -0.25) is 0 Å². The largest absolute Gasteiger partial charge is 0.461 e.